The van der Waals surface area contributed by atoms with Crippen LogP contribution in [-0.4, -0.2) is 21.8 Å². The van der Waals surface area contributed by atoms with Crippen molar-refractivity contribution in [1.29, 1.82) is 0 Å². The van der Waals surface area contributed by atoms with E-state index in [0.29, 0.717) is 22.1 Å². The highest BCUT2D eigenvalue weighted by Gasteiger charge is 2.27. The molecule has 1 aromatic carbocycles. The summed E-state index contributed by atoms with van der Waals surface area (Å²) in [6.07, 6.45) is 0.885. The van der Waals surface area contributed by atoms with E-state index in [2.05, 4.69) is 5.32 Å². The van der Waals surface area contributed by atoms with Crippen molar-refractivity contribution < 1.29 is 8.60 Å². The lowest BCUT2D eigenvalue weighted by atomic mass is 10.1. The zero-order chi connectivity index (χ0) is 13.3. The fraction of sp³-hybridized carbons (Fsp3) is 0.500. The standard InChI is InChI=1S/C12H14Cl2FNOS/c1-2-7-5-18(17)6-12(16-7)8-3-11(15)10(14)4-9(8)13/h3-4,7,12,16H,2,5-6H2,1H3. The molecule has 0 saturated carbocycles. The molecule has 1 fully saturated rings. The van der Waals surface area contributed by atoms with Gasteiger partial charge in [-0.05, 0) is 24.1 Å². The monoisotopic (exact) mass is 309 g/mol. The van der Waals surface area contributed by atoms with E-state index in [1.54, 1.807) is 0 Å². The van der Waals surface area contributed by atoms with Gasteiger partial charge >= 0.3 is 0 Å². The Morgan fingerprint density at radius 3 is 2.78 bits per heavy atom. The molecule has 0 radical (unpaired) electrons. The molecule has 1 heterocycles. The van der Waals surface area contributed by atoms with E-state index in [-0.39, 0.29) is 17.1 Å². The van der Waals surface area contributed by atoms with Crippen LogP contribution in [0.1, 0.15) is 24.9 Å². The second-order valence-electron chi connectivity index (χ2n) is 4.39. The van der Waals surface area contributed by atoms with Gasteiger partial charge in [-0.25, -0.2) is 4.39 Å². The molecule has 0 aromatic heterocycles. The smallest absolute Gasteiger partial charge is 0.142 e. The van der Waals surface area contributed by atoms with Crippen molar-refractivity contribution in [2.75, 3.05) is 11.5 Å². The molecule has 1 N–H and O–H groups in total. The molecule has 1 aliphatic heterocycles. The summed E-state index contributed by atoms with van der Waals surface area (Å²) in [7, 11) is -0.898. The lowest BCUT2D eigenvalue weighted by Crippen LogP contribution is -2.44. The molecule has 3 atom stereocenters. The molecule has 2 nitrogen and oxygen atoms in total. The molecule has 0 bridgehead atoms. The Hall–Kier alpha value is -0.160. The highest BCUT2D eigenvalue weighted by Crippen LogP contribution is 2.31. The summed E-state index contributed by atoms with van der Waals surface area (Å²) in [5.74, 6) is 0.597. The van der Waals surface area contributed by atoms with Gasteiger partial charge in [-0.2, -0.15) is 0 Å². The normalized spacial score (nSPS) is 28.3. The van der Waals surface area contributed by atoms with Crippen molar-refractivity contribution in [3.05, 3.63) is 33.6 Å². The van der Waals surface area contributed by atoms with Crippen LogP contribution in [0, 0.1) is 5.82 Å². The minimum Gasteiger partial charge on any atom is -0.305 e. The molecule has 1 saturated heterocycles. The van der Waals surface area contributed by atoms with Crippen LogP contribution in [0.15, 0.2) is 12.1 Å². The van der Waals surface area contributed by atoms with Crippen LogP contribution in [0.25, 0.3) is 0 Å². The van der Waals surface area contributed by atoms with Gasteiger partial charge < -0.3 is 5.32 Å². The maximum atomic E-state index is 13.5. The van der Waals surface area contributed by atoms with E-state index in [1.807, 2.05) is 6.92 Å². The van der Waals surface area contributed by atoms with Crippen molar-refractivity contribution in [1.82, 2.24) is 5.32 Å². The molecule has 0 amide bonds. The molecule has 100 valence electrons. The highest BCUT2D eigenvalue weighted by molar-refractivity contribution is 7.85. The second kappa shape index (κ2) is 5.87. The molecule has 6 heteroatoms. The Bertz CT molecular complexity index is 483. The van der Waals surface area contributed by atoms with Crippen LogP contribution >= 0.6 is 23.2 Å². The van der Waals surface area contributed by atoms with Gasteiger partial charge in [0.1, 0.15) is 5.82 Å². The lowest BCUT2D eigenvalue weighted by Gasteiger charge is -2.30. The first kappa shape index (κ1) is 14.3. The van der Waals surface area contributed by atoms with Crippen LogP contribution in [0.5, 0.6) is 0 Å². The zero-order valence-corrected chi connectivity index (χ0v) is 12.2. The third-order valence-corrected chi connectivity index (χ3v) is 5.18. The molecular weight excluding hydrogens is 296 g/mol. The molecule has 0 spiro atoms. The Morgan fingerprint density at radius 2 is 2.11 bits per heavy atom. The van der Waals surface area contributed by atoms with Crippen LogP contribution in [-0.2, 0) is 10.8 Å². The number of benzene rings is 1. The fourth-order valence-electron chi connectivity index (χ4n) is 2.08. The summed E-state index contributed by atoms with van der Waals surface area (Å²) in [5.41, 5.74) is 0.630. The van der Waals surface area contributed by atoms with Gasteiger partial charge in [0.05, 0.1) is 5.02 Å². The molecular formula is C12H14Cl2FNOS. The number of rotatable bonds is 2. The summed E-state index contributed by atoms with van der Waals surface area (Å²) in [5, 5.41) is 3.77. The van der Waals surface area contributed by atoms with Gasteiger partial charge in [-0.15, -0.1) is 0 Å². The van der Waals surface area contributed by atoms with Crippen molar-refractivity contribution in [2.24, 2.45) is 0 Å². The Labute approximate surface area is 118 Å². The minimum atomic E-state index is -0.898. The van der Waals surface area contributed by atoms with E-state index in [4.69, 9.17) is 23.2 Å². The first-order valence-electron chi connectivity index (χ1n) is 5.76. The summed E-state index contributed by atoms with van der Waals surface area (Å²) in [6, 6.07) is 2.73. The summed E-state index contributed by atoms with van der Waals surface area (Å²) < 4.78 is 25.3. The van der Waals surface area contributed by atoms with Crippen molar-refractivity contribution in [3.63, 3.8) is 0 Å². The van der Waals surface area contributed by atoms with Gasteiger partial charge in [-0.3, -0.25) is 4.21 Å². The molecule has 18 heavy (non-hydrogen) atoms. The van der Waals surface area contributed by atoms with Gasteiger partial charge in [0.15, 0.2) is 0 Å². The van der Waals surface area contributed by atoms with Gasteiger partial charge in [0.2, 0.25) is 0 Å². The van der Waals surface area contributed by atoms with E-state index >= 15 is 0 Å². The average molecular weight is 310 g/mol. The lowest BCUT2D eigenvalue weighted by molar-refractivity contribution is 0.454. The SMILES string of the molecule is CCC1CS(=O)CC(c2cc(F)c(Cl)cc2Cl)N1. The van der Waals surface area contributed by atoms with Crippen LogP contribution in [0.2, 0.25) is 10.0 Å². The largest absolute Gasteiger partial charge is 0.305 e. The Morgan fingerprint density at radius 1 is 1.39 bits per heavy atom. The zero-order valence-electron chi connectivity index (χ0n) is 9.88. The fourth-order valence-corrected chi connectivity index (χ4v) is 4.16. The topological polar surface area (TPSA) is 29.1 Å². The maximum absolute atomic E-state index is 13.5. The number of hydrogen-bond donors (Lipinski definition) is 1. The van der Waals surface area contributed by atoms with Crippen LogP contribution < -0.4 is 5.32 Å². The number of halogens is 3. The Balaban J connectivity index is 2.30. The minimum absolute atomic E-state index is 0.00715. The van der Waals surface area contributed by atoms with Crippen molar-refractivity contribution >= 4 is 34.0 Å². The second-order valence-corrected chi connectivity index (χ2v) is 6.75. The van der Waals surface area contributed by atoms with E-state index in [1.165, 1.54) is 12.1 Å². The third kappa shape index (κ3) is 3.05. The third-order valence-electron chi connectivity index (χ3n) is 3.08. The molecule has 1 aliphatic rings. The van der Waals surface area contributed by atoms with Crippen molar-refractivity contribution in [2.45, 2.75) is 25.4 Å². The Kier molecular flexibility index (Phi) is 4.64. The first-order chi connectivity index (χ1) is 8.51. The highest BCUT2D eigenvalue weighted by atomic mass is 35.5. The van der Waals surface area contributed by atoms with Gasteiger partial charge in [0.25, 0.3) is 0 Å². The first-order valence-corrected chi connectivity index (χ1v) is 8.01. The average Bonchev–Trinajstić information content (AvgIpc) is 2.33. The summed E-state index contributed by atoms with van der Waals surface area (Å²) in [6.45, 7) is 2.03. The van der Waals surface area contributed by atoms with E-state index in [0.717, 1.165) is 6.42 Å². The molecule has 2 rings (SSSR count). The summed E-state index contributed by atoms with van der Waals surface area (Å²) >= 11 is 11.8. The van der Waals surface area contributed by atoms with E-state index in [9.17, 15) is 8.60 Å². The van der Waals surface area contributed by atoms with Crippen LogP contribution in [0.3, 0.4) is 0 Å². The molecule has 1 aromatic rings. The number of nitrogens with one attached hydrogen (secondary N) is 1. The predicted molar refractivity (Wildman–Crippen MR) is 74.3 cm³/mol. The molecule has 3 unspecified atom stereocenters. The molecule has 0 aliphatic carbocycles. The quantitative estimate of drug-likeness (QED) is 0.849. The van der Waals surface area contributed by atoms with E-state index < -0.39 is 16.6 Å². The van der Waals surface area contributed by atoms with Gasteiger partial charge in [-0.1, -0.05) is 30.1 Å². The van der Waals surface area contributed by atoms with Crippen LogP contribution in [0.4, 0.5) is 4.39 Å². The summed E-state index contributed by atoms with van der Waals surface area (Å²) in [4.78, 5) is 0. The maximum Gasteiger partial charge on any atom is 0.142 e. The van der Waals surface area contributed by atoms with Crippen molar-refractivity contribution in [3.8, 4) is 0 Å². The van der Waals surface area contributed by atoms with Gasteiger partial charge in [0, 0.05) is 39.4 Å². The number of hydrogen-bond acceptors (Lipinski definition) is 2. The predicted octanol–water partition coefficient (Wildman–Crippen LogP) is 3.30.